The van der Waals surface area contributed by atoms with Gasteiger partial charge >= 0.3 is 23.0 Å². The third-order valence-electron chi connectivity index (χ3n) is 18.5. The molecule has 6 unspecified atom stereocenters. The molecule has 0 bridgehead atoms. The number of allylic oxidation sites excluding steroid dienone is 4. The van der Waals surface area contributed by atoms with E-state index in [0.29, 0.717) is 38.1 Å². The lowest BCUT2D eigenvalue weighted by molar-refractivity contribution is -0.438. The zero-order valence-electron chi connectivity index (χ0n) is 63.7. The summed E-state index contributed by atoms with van der Waals surface area (Å²) in [5.74, 6) is 3.71. The number of benzene rings is 4. The number of hydrogen-bond acceptors (Lipinski definition) is 25. The van der Waals surface area contributed by atoms with Crippen molar-refractivity contribution in [3.05, 3.63) is 177 Å². The lowest BCUT2D eigenvalue weighted by Gasteiger charge is -2.27. The molecule has 0 aliphatic carbocycles. The second-order valence-electron chi connectivity index (χ2n) is 28.0. The van der Waals surface area contributed by atoms with Crippen molar-refractivity contribution in [1.29, 1.82) is 0 Å². The summed E-state index contributed by atoms with van der Waals surface area (Å²) in [6.45, 7) is 10.9. The second-order valence-corrected chi connectivity index (χ2v) is 38.0. The van der Waals surface area contributed by atoms with Crippen LogP contribution in [-0.2, 0) is 76.8 Å². The number of nitrogen functional groups attached to an aromatic ring is 1. The smallest absolute Gasteiger partial charge is 0.479 e. The van der Waals surface area contributed by atoms with Crippen molar-refractivity contribution in [2.24, 2.45) is 10.2 Å². The van der Waals surface area contributed by atoms with Crippen LogP contribution < -0.4 is 31.3 Å². The number of ether oxygens (including phenoxy) is 5. The first kappa shape index (κ1) is 90.1. The molecule has 4 aromatic carbocycles. The number of aromatic nitrogens is 3. The highest BCUT2D eigenvalue weighted by Gasteiger charge is 2.47. The van der Waals surface area contributed by atoms with Gasteiger partial charge in [-0.15, -0.1) is 0 Å². The Kier molecular flexibility index (Phi) is 31.6. The summed E-state index contributed by atoms with van der Waals surface area (Å²) in [5, 5.41) is 15.6. The normalized spacial score (nSPS) is 18.0. The van der Waals surface area contributed by atoms with Crippen molar-refractivity contribution >= 4 is 118 Å². The number of phosphoric acid groups is 1. The molecule has 36 nitrogen and oxygen atoms in total. The van der Waals surface area contributed by atoms with Crippen molar-refractivity contribution in [2.75, 3.05) is 88.2 Å². The van der Waals surface area contributed by atoms with Gasteiger partial charge in [-0.1, -0.05) is 106 Å². The number of ketones is 1. The zero-order valence-corrected chi connectivity index (χ0v) is 68.8. The number of anilines is 3. The molecule has 1 fully saturated rings. The fraction of sp³-hybridized carbons (Fsp3) is 0.438. The van der Waals surface area contributed by atoms with Crippen molar-refractivity contribution in [3.8, 4) is 17.6 Å². The summed E-state index contributed by atoms with van der Waals surface area (Å²) in [6.07, 6.45) is 7.51. The minimum Gasteiger partial charge on any atom is -0.744 e. The van der Waals surface area contributed by atoms with Gasteiger partial charge < -0.3 is 79.0 Å². The quantitative estimate of drug-likeness (QED) is 0.00203. The largest absolute Gasteiger partial charge is 0.744 e. The van der Waals surface area contributed by atoms with Gasteiger partial charge in [0.05, 0.1) is 58.5 Å². The maximum Gasteiger partial charge on any atom is 0.479 e. The van der Waals surface area contributed by atoms with E-state index in [4.69, 9.17) is 49.3 Å². The highest BCUT2D eigenvalue weighted by Crippen LogP contribution is 2.65. The Balaban J connectivity index is 0.645. The molecule has 9 N–H and O–H groups in total. The molecular weight excluding hydrogens is 1610 g/mol. The molecule has 115 heavy (non-hydrogen) atoms. The van der Waals surface area contributed by atoms with E-state index >= 15 is 0 Å². The molecular formula is C73H90N15O21P3S3. The van der Waals surface area contributed by atoms with Gasteiger partial charge in [-0.05, 0) is 118 Å². The highest BCUT2D eigenvalue weighted by molar-refractivity contribution is 8.77. The fourth-order valence-electron chi connectivity index (χ4n) is 13.0. The van der Waals surface area contributed by atoms with E-state index in [2.05, 4.69) is 134 Å². The van der Waals surface area contributed by atoms with Crippen LogP contribution in [0.3, 0.4) is 0 Å². The second kappa shape index (κ2) is 40.4. The number of carbonyl (C=O) groups excluding carboxylic acids is 4. The number of unbranched alkanes of at least 4 members (excludes halogenated alkanes) is 2. The van der Waals surface area contributed by atoms with Crippen LogP contribution in [0.25, 0.3) is 31.9 Å². The molecule has 5 heterocycles. The van der Waals surface area contributed by atoms with Crippen molar-refractivity contribution in [1.82, 2.24) is 30.5 Å². The van der Waals surface area contributed by atoms with Crippen LogP contribution in [0.4, 0.5) is 22.9 Å². The number of rotatable bonds is 43. The van der Waals surface area contributed by atoms with Crippen LogP contribution >= 0.6 is 44.6 Å². The van der Waals surface area contributed by atoms with Gasteiger partial charge in [-0.25, -0.2) is 27.3 Å². The first-order valence-corrected chi connectivity index (χ1v) is 44.9. The summed E-state index contributed by atoms with van der Waals surface area (Å²) in [6, 6.07) is 29.4. The summed E-state index contributed by atoms with van der Waals surface area (Å²) >= 11 is 0. The molecule has 42 heteroatoms. The van der Waals surface area contributed by atoms with Gasteiger partial charge in [0.15, 0.2) is 17.8 Å². The summed E-state index contributed by atoms with van der Waals surface area (Å²) in [7, 11) is -17.8. The molecule has 6 atom stereocenters. The number of nitrogens with one attached hydrogen (secondary N) is 3. The Labute approximate surface area is 671 Å². The molecule has 9 rings (SSSR count). The van der Waals surface area contributed by atoms with Crippen LogP contribution in [-0.4, -0.2) is 182 Å². The number of azide groups is 2. The van der Waals surface area contributed by atoms with Crippen LogP contribution in [0.5, 0.6) is 5.75 Å². The van der Waals surface area contributed by atoms with Crippen LogP contribution in [0.15, 0.2) is 149 Å². The van der Waals surface area contributed by atoms with E-state index in [1.807, 2.05) is 52.0 Å². The molecule has 0 radical (unpaired) electrons. The van der Waals surface area contributed by atoms with Crippen LogP contribution in [0.2, 0.25) is 0 Å². The first-order valence-electron chi connectivity index (χ1n) is 36.2. The minimum atomic E-state index is -5.45. The molecule has 3 amide bonds. The lowest BCUT2D eigenvalue weighted by Crippen LogP contribution is -2.30. The number of carbonyl (C=O) groups is 4. The van der Waals surface area contributed by atoms with Gasteiger partial charge in [-0.2, -0.15) is 4.58 Å². The van der Waals surface area contributed by atoms with E-state index in [9.17, 15) is 61.2 Å². The predicted octanol–water partition coefficient (Wildman–Crippen LogP) is 11.1. The van der Waals surface area contributed by atoms with Gasteiger partial charge in [0.2, 0.25) is 17.5 Å². The van der Waals surface area contributed by atoms with Gasteiger partial charge in [0.1, 0.15) is 78.3 Å². The average molecular weight is 1700 g/mol. The third kappa shape index (κ3) is 25.1. The van der Waals surface area contributed by atoms with Crippen molar-refractivity contribution < 1.29 is 103 Å². The van der Waals surface area contributed by atoms with E-state index in [1.165, 1.54) is 56.1 Å². The number of amides is 3. The molecule has 2 aromatic heterocycles. The maximum absolute atomic E-state index is 13.4. The Morgan fingerprint density at radius 2 is 1.66 bits per heavy atom. The molecule has 3 aliphatic rings. The Morgan fingerprint density at radius 1 is 0.896 bits per heavy atom. The summed E-state index contributed by atoms with van der Waals surface area (Å²) < 4.78 is 113. The molecule has 616 valence electrons. The molecule has 0 saturated carbocycles. The molecule has 1 saturated heterocycles. The van der Waals surface area contributed by atoms with Gasteiger partial charge in [0, 0.05) is 106 Å². The van der Waals surface area contributed by atoms with Crippen LogP contribution in [0, 0.1) is 11.8 Å². The number of fused-ring (bicyclic) bond motifs is 3. The number of hydrogen-bond donors (Lipinski definition) is 8. The standard InChI is InChI=1S/C73H90N15O21P3S3/c1-71(2)54-24-12-13-25-57(54)88(51-21-9-7-10-22-51)61(71)27-16-26-60-72(3,4)55-40-53(115(100,101)102)30-31-56(55)86(60)35-14-8-11-29-63(90)78-34-38-113-114-73(5,6)62(89)28-18-33-79-70(92)49-19-15-23-52(39-49)105-45-65(83-85-76)104-37-36-103-44-64(91)77-32-17-20-50-42-87(69-67(50)68(74)80-46-81-69)66-41-58(106-47-82-84-75)59(108-66)43-107-112(98,99)109-111(96,97)48-110(93,94)95/h7,9-10,12-13,15-16,19,21-27,30-31,39-40,42,46,58-59,65-66H,8,11,14,18,28-29,32-38,41,43-45,47-48H2,1-6H3,(H9-,74,77,78,79,80,81,90,91,92,93,94,95,96,97,98,99,100,101,102). The number of Topliss-reactive ketones (excluding diaryl/α,β-unsaturated/α-hetero) is 1. The van der Waals surface area contributed by atoms with E-state index < -0.39 is 106 Å². The van der Waals surface area contributed by atoms with E-state index in [-0.39, 0.29) is 101 Å². The number of phosphoric ester groups is 1. The molecule has 0 spiro atoms. The third-order valence-corrected chi connectivity index (χ3v) is 27.8. The number of nitrogens with two attached hydrogens (primary N) is 1. The van der Waals surface area contributed by atoms with Gasteiger partial charge in [-0.3, -0.25) is 32.8 Å². The fourth-order valence-corrected chi connectivity index (χ4v) is 20.3. The Bertz CT molecular complexity index is 5080. The summed E-state index contributed by atoms with van der Waals surface area (Å²) in [5.41, 5.74) is 31.0. The zero-order chi connectivity index (χ0) is 83.4. The molecule has 3 aliphatic heterocycles. The Morgan fingerprint density at radius 3 is 2.41 bits per heavy atom. The average Bonchev–Trinajstić information content (AvgIpc) is 1.59. The predicted molar refractivity (Wildman–Crippen MR) is 429 cm³/mol. The molecule has 6 aromatic rings. The van der Waals surface area contributed by atoms with E-state index in [0.717, 1.165) is 53.2 Å². The number of para-hydroxylation sites is 2. The maximum atomic E-state index is 13.4. The van der Waals surface area contributed by atoms with Crippen molar-refractivity contribution in [3.63, 3.8) is 0 Å². The van der Waals surface area contributed by atoms with E-state index in [1.54, 1.807) is 24.3 Å². The monoisotopic (exact) mass is 1700 g/mol. The first-order chi connectivity index (χ1) is 54.5. The summed E-state index contributed by atoms with van der Waals surface area (Å²) in [4.78, 5) is 106. The lowest BCUT2D eigenvalue weighted by atomic mass is 9.81. The minimum absolute atomic E-state index is 0.00679. The van der Waals surface area contributed by atoms with Crippen molar-refractivity contribution in [2.45, 2.75) is 132 Å². The topological polar surface area (TPSA) is 519 Å². The van der Waals surface area contributed by atoms with Gasteiger partial charge in [0.25, 0.3) is 5.91 Å². The number of nitrogens with zero attached hydrogens (tertiary/aromatic N) is 11. The highest BCUT2D eigenvalue weighted by atomic mass is 33.1. The Hall–Kier alpha value is -8.79. The van der Waals surface area contributed by atoms with Crippen LogP contribution in [0.1, 0.15) is 120 Å². The SMILES string of the molecule is CC(C)(SSCCNC(=O)CCCCC[N+]1=C(C=CC=C2N(c3ccccc3)c3ccccc3C2(C)C)C(C)(C)c2cc(S(=O)(=O)[O-])ccc21)C(=O)CCCNC(=O)c1cccc(OCC(N=[N+]=[N-])OCCOCC(=O)NCC#Cc2cn(C3CC(OCN=[N+]=[N-])C(COP(=O)(O)OP(=O)(O)CP(=O)(O)O)O3)c3ncnc(N)c23)c1.